The van der Waals surface area contributed by atoms with Crippen molar-refractivity contribution in [3.8, 4) is 0 Å². The van der Waals surface area contributed by atoms with Crippen LogP contribution in [-0.4, -0.2) is 23.0 Å². The van der Waals surface area contributed by atoms with Crippen LogP contribution in [0.2, 0.25) is 0 Å². The number of benzene rings is 1. The molecule has 0 spiro atoms. The maximum atomic E-state index is 13.5. The smallest absolute Gasteiger partial charge is 0.326 e. The molecule has 110 valence electrons. The number of aliphatic carboxylic acids is 1. The Hall–Kier alpha value is -1.91. The standard InChI is InChI=1S/C15H20FNO3/c1-9(2)13(15(19)20)17-14(18)10(3)8-11-6-4-5-7-12(11)16/h4-7,9-10,13H,8H2,1-3H3,(H,17,18)(H,19,20)/t10?,13-/m0/s1. The van der Waals surface area contributed by atoms with Crippen molar-refractivity contribution in [2.75, 3.05) is 0 Å². The molecule has 0 heterocycles. The molecule has 1 aromatic carbocycles. The van der Waals surface area contributed by atoms with Gasteiger partial charge in [0.05, 0.1) is 0 Å². The van der Waals surface area contributed by atoms with Gasteiger partial charge in [-0.25, -0.2) is 9.18 Å². The summed E-state index contributed by atoms with van der Waals surface area (Å²) < 4.78 is 13.5. The van der Waals surface area contributed by atoms with E-state index in [1.807, 2.05) is 0 Å². The third kappa shape index (κ3) is 4.33. The molecule has 1 unspecified atom stereocenters. The van der Waals surface area contributed by atoms with E-state index >= 15 is 0 Å². The molecule has 4 nitrogen and oxygen atoms in total. The van der Waals surface area contributed by atoms with Crippen molar-refractivity contribution >= 4 is 11.9 Å². The average Bonchev–Trinajstić information content (AvgIpc) is 2.37. The van der Waals surface area contributed by atoms with Crippen LogP contribution in [0, 0.1) is 17.7 Å². The van der Waals surface area contributed by atoms with Gasteiger partial charge in [0.2, 0.25) is 5.91 Å². The van der Waals surface area contributed by atoms with Crippen LogP contribution in [0.1, 0.15) is 26.3 Å². The van der Waals surface area contributed by atoms with Gasteiger partial charge in [-0.3, -0.25) is 4.79 Å². The van der Waals surface area contributed by atoms with E-state index in [0.29, 0.717) is 5.56 Å². The second kappa shape index (κ2) is 7.03. The van der Waals surface area contributed by atoms with E-state index in [2.05, 4.69) is 5.32 Å². The van der Waals surface area contributed by atoms with E-state index in [1.54, 1.807) is 39.0 Å². The first kappa shape index (κ1) is 16.1. The number of hydrogen-bond acceptors (Lipinski definition) is 2. The summed E-state index contributed by atoms with van der Waals surface area (Å²) in [6.07, 6.45) is 0.239. The lowest BCUT2D eigenvalue weighted by Gasteiger charge is -2.20. The Morgan fingerprint density at radius 2 is 1.85 bits per heavy atom. The van der Waals surface area contributed by atoms with E-state index in [9.17, 15) is 14.0 Å². The molecule has 20 heavy (non-hydrogen) atoms. The zero-order valence-electron chi connectivity index (χ0n) is 11.9. The number of carbonyl (C=O) groups excluding carboxylic acids is 1. The summed E-state index contributed by atoms with van der Waals surface area (Å²) in [5.74, 6) is -2.50. The Balaban J connectivity index is 2.68. The summed E-state index contributed by atoms with van der Waals surface area (Å²) in [5, 5.41) is 11.5. The minimum atomic E-state index is -1.06. The summed E-state index contributed by atoms with van der Waals surface area (Å²) in [6, 6.07) is 5.33. The lowest BCUT2D eigenvalue weighted by molar-refractivity contribution is -0.143. The number of nitrogens with one attached hydrogen (secondary N) is 1. The Labute approximate surface area is 118 Å². The predicted octanol–water partition coefficient (Wildman–Crippen LogP) is 2.23. The number of hydrogen-bond donors (Lipinski definition) is 2. The molecule has 0 fully saturated rings. The Morgan fingerprint density at radius 3 is 2.35 bits per heavy atom. The normalized spacial score (nSPS) is 13.8. The molecule has 0 saturated carbocycles. The summed E-state index contributed by atoms with van der Waals surface area (Å²) >= 11 is 0. The maximum absolute atomic E-state index is 13.5. The fraction of sp³-hybridized carbons (Fsp3) is 0.467. The average molecular weight is 281 g/mol. The second-order valence-corrected chi connectivity index (χ2v) is 5.27. The molecule has 2 atom stereocenters. The van der Waals surface area contributed by atoms with E-state index in [1.165, 1.54) is 6.07 Å². The summed E-state index contributed by atoms with van der Waals surface area (Å²) in [7, 11) is 0. The first-order valence-electron chi connectivity index (χ1n) is 6.59. The van der Waals surface area contributed by atoms with Crippen molar-refractivity contribution in [2.45, 2.75) is 33.2 Å². The Kier molecular flexibility index (Phi) is 5.67. The van der Waals surface area contributed by atoms with E-state index in [4.69, 9.17) is 5.11 Å². The highest BCUT2D eigenvalue weighted by molar-refractivity contribution is 5.85. The van der Waals surface area contributed by atoms with Crippen LogP contribution in [0.25, 0.3) is 0 Å². The van der Waals surface area contributed by atoms with Crippen molar-refractivity contribution in [1.82, 2.24) is 5.32 Å². The van der Waals surface area contributed by atoms with Gasteiger partial charge in [0.15, 0.2) is 0 Å². The summed E-state index contributed by atoms with van der Waals surface area (Å²) in [6.45, 7) is 5.10. The fourth-order valence-corrected chi connectivity index (χ4v) is 1.90. The van der Waals surface area contributed by atoms with Gasteiger partial charge in [0.25, 0.3) is 0 Å². The van der Waals surface area contributed by atoms with E-state index in [0.717, 1.165) is 0 Å². The highest BCUT2D eigenvalue weighted by Crippen LogP contribution is 2.13. The number of rotatable bonds is 6. The van der Waals surface area contributed by atoms with Crippen molar-refractivity contribution < 1.29 is 19.1 Å². The number of carboxylic acid groups (broad SMARTS) is 1. The van der Waals surface area contributed by atoms with Gasteiger partial charge in [-0.1, -0.05) is 39.0 Å². The molecule has 0 aliphatic carbocycles. The minimum Gasteiger partial charge on any atom is -0.480 e. The van der Waals surface area contributed by atoms with Crippen molar-refractivity contribution in [3.05, 3.63) is 35.6 Å². The molecule has 2 N–H and O–H groups in total. The molecule has 0 aromatic heterocycles. The summed E-state index contributed by atoms with van der Waals surface area (Å²) in [5.41, 5.74) is 0.451. The van der Waals surface area contributed by atoms with Gasteiger partial charge in [-0.15, -0.1) is 0 Å². The maximum Gasteiger partial charge on any atom is 0.326 e. The van der Waals surface area contributed by atoms with Crippen molar-refractivity contribution in [1.29, 1.82) is 0 Å². The van der Waals surface area contributed by atoms with Crippen molar-refractivity contribution in [3.63, 3.8) is 0 Å². The molecular weight excluding hydrogens is 261 g/mol. The van der Waals surface area contributed by atoms with Crippen LogP contribution < -0.4 is 5.32 Å². The van der Waals surface area contributed by atoms with Gasteiger partial charge in [-0.05, 0) is 24.0 Å². The van der Waals surface area contributed by atoms with Gasteiger partial charge < -0.3 is 10.4 Å². The highest BCUT2D eigenvalue weighted by Gasteiger charge is 2.26. The second-order valence-electron chi connectivity index (χ2n) is 5.27. The summed E-state index contributed by atoms with van der Waals surface area (Å²) in [4.78, 5) is 23.0. The first-order valence-corrected chi connectivity index (χ1v) is 6.59. The topological polar surface area (TPSA) is 66.4 Å². The first-order chi connectivity index (χ1) is 9.32. The monoisotopic (exact) mass is 281 g/mol. The molecule has 1 rings (SSSR count). The molecule has 0 radical (unpaired) electrons. The van der Waals surface area contributed by atoms with Crippen LogP contribution in [0.15, 0.2) is 24.3 Å². The molecule has 0 bridgehead atoms. The predicted molar refractivity (Wildman–Crippen MR) is 73.7 cm³/mol. The lowest BCUT2D eigenvalue weighted by Crippen LogP contribution is -2.46. The Morgan fingerprint density at radius 1 is 1.25 bits per heavy atom. The molecule has 1 amide bonds. The SMILES string of the molecule is CC(Cc1ccccc1F)C(=O)N[C@H](C(=O)O)C(C)C. The molecule has 0 saturated heterocycles. The molecule has 1 aromatic rings. The zero-order chi connectivity index (χ0) is 15.3. The van der Waals surface area contributed by atoms with Gasteiger partial charge in [-0.2, -0.15) is 0 Å². The largest absolute Gasteiger partial charge is 0.480 e. The fourth-order valence-electron chi connectivity index (χ4n) is 1.90. The van der Waals surface area contributed by atoms with Crippen LogP contribution >= 0.6 is 0 Å². The molecule has 0 aliphatic rings. The third-order valence-corrected chi connectivity index (χ3v) is 3.16. The third-order valence-electron chi connectivity index (χ3n) is 3.16. The number of carbonyl (C=O) groups is 2. The lowest BCUT2D eigenvalue weighted by atomic mass is 9.98. The van der Waals surface area contributed by atoms with Gasteiger partial charge in [0.1, 0.15) is 11.9 Å². The van der Waals surface area contributed by atoms with E-state index in [-0.39, 0.29) is 24.1 Å². The number of halogens is 1. The van der Waals surface area contributed by atoms with E-state index < -0.39 is 17.9 Å². The highest BCUT2D eigenvalue weighted by atomic mass is 19.1. The van der Waals surface area contributed by atoms with Gasteiger partial charge >= 0.3 is 5.97 Å². The molecule has 5 heteroatoms. The van der Waals surface area contributed by atoms with Crippen LogP contribution in [0.3, 0.4) is 0 Å². The molecular formula is C15H20FNO3. The van der Waals surface area contributed by atoms with Crippen LogP contribution in [-0.2, 0) is 16.0 Å². The zero-order valence-corrected chi connectivity index (χ0v) is 11.9. The van der Waals surface area contributed by atoms with Crippen molar-refractivity contribution in [2.24, 2.45) is 11.8 Å². The molecule has 0 aliphatic heterocycles. The van der Waals surface area contributed by atoms with Gasteiger partial charge in [0, 0.05) is 5.92 Å². The Bertz CT molecular complexity index is 488. The number of carboxylic acids is 1. The number of amides is 1. The quantitative estimate of drug-likeness (QED) is 0.840. The van der Waals surface area contributed by atoms with Crippen LogP contribution in [0.4, 0.5) is 4.39 Å². The minimum absolute atomic E-state index is 0.211. The van der Waals surface area contributed by atoms with Crippen LogP contribution in [0.5, 0.6) is 0 Å².